The fourth-order valence-electron chi connectivity index (χ4n) is 0.692. The molecule has 0 spiro atoms. The van der Waals surface area contributed by atoms with Gasteiger partial charge in [0.15, 0.2) is 0 Å². The molecule has 0 aromatic carbocycles. The Hall–Kier alpha value is 14.8. The monoisotopic (exact) mass is 2230 g/mol. The third-order valence-electron chi connectivity index (χ3n) is 1.72. The fourth-order valence-corrected chi connectivity index (χ4v) is 178. The van der Waals surface area contributed by atoms with Crippen LogP contribution in [0.5, 0.6) is 0 Å². The van der Waals surface area contributed by atoms with Crippen LogP contribution >= 0.6 is 9.82 Å². The van der Waals surface area contributed by atoms with Crippen LogP contribution in [-0.2, 0) is 575 Å². The van der Waals surface area contributed by atoms with Gasteiger partial charge in [0.05, 0.1) is 0 Å². The molecule has 65 heteroatoms. The van der Waals surface area contributed by atoms with Gasteiger partial charge in [0.25, 0.3) is 0 Å². The van der Waals surface area contributed by atoms with Gasteiger partial charge in [-0.2, -0.15) is 0 Å². The van der Waals surface area contributed by atoms with Gasteiger partial charge in [-0.15, -0.1) is 0 Å². The Morgan fingerprint density at radius 1 is 0.138 bits per heavy atom. The maximum absolute atomic E-state index is 5.07. The van der Waals surface area contributed by atoms with Gasteiger partial charge >= 0.3 is 130 Å². The summed E-state index contributed by atoms with van der Waals surface area (Å²) in [7, 11) is 118. The number of hydrogen-bond donors (Lipinski definition) is 0. The van der Waals surface area contributed by atoms with Crippen LogP contribution in [0.15, 0.2) is 0 Å². The molecule has 0 heterocycles. The van der Waals surface area contributed by atoms with E-state index in [1.807, 2.05) is 487 Å². The van der Waals surface area contributed by atoms with Crippen LogP contribution in [-0.4, -0.2) is 0 Å². The van der Waals surface area contributed by atoms with E-state index in [-0.39, 0.29) is 0 Å². The van der Waals surface area contributed by atoms with Gasteiger partial charge in [-0.3, -0.25) is 0 Å². The molecule has 0 unspecified atom stereocenters. The molecule has 0 saturated heterocycles. The summed E-state index contributed by atoms with van der Waals surface area (Å²) < 4.78 is 0. The summed E-state index contributed by atoms with van der Waals surface area (Å²) in [4.78, 5) is 0. The van der Waals surface area contributed by atoms with E-state index in [4.69, 9.17) is 21.0 Å². The van der Waals surface area contributed by atoms with Gasteiger partial charge in [-0.05, 0) is 0 Å². The molecule has 0 nitrogen and oxygen atoms in total. The zero-order valence-corrected chi connectivity index (χ0v) is 81.7. The summed E-state index contributed by atoms with van der Waals surface area (Å²) in [6, 6.07) is 0. The standard InChI is InChI=1S/S63.S.W/c1-3-5-7-9-11-13-15-17-19-21-23-25-27-29-31-33-35-37-39-41-43-45-47-49-51-53-55-57-59-61-63-62-60-58-56-54-52-50-48-46-44-42-40-38-36-34-32-30-28-26-24-22-20-18-16-14-12-10-8-6-4-2;;. The van der Waals surface area contributed by atoms with E-state index in [2.05, 4.69) is 0 Å². The summed E-state index contributed by atoms with van der Waals surface area (Å²) >= 11 is 4.32. The average Bonchev–Trinajstić information content (AvgIpc) is 3.32. The first-order valence-corrected chi connectivity index (χ1v) is 101. The molecule has 65 heavy (non-hydrogen) atoms. The van der Waals surface area contributed by atoms with Crippen molar-refractivity contribution in [3.8, 4) is 0 Å². The van der Waals surface area contributed by atoms with E-state index >= 15 is 0 Å². The van der Waals surface area contributed by atoms with Crippen molar-refractivity contribution in [2.75, 3.05) is 0 Å². The minimum absolute atomic E-state index is 0.505. The molecule has 0 fully saturated rings. The maximum atomic E-state index is 5.07. The molecule has 0 aliphatic carbocycles. The van der Waals surface area contributed by atoms with Crippen molar-refractivity contribution in [2.24, 2.45) is 0 Å². The Balaban J connectivity index is 6.13. The molecular formula is S64W. The normalized spacial score (nSPS) is 7.82. The van der Waals surface area contributed by atoms with E-state index < -0.39 is 14.9 Å². The van der Waals surface area contributed by atoms with Crippen molar-refractivity contribution in [1.82, 2.24) is 0 Å². The Bertz CT molecular complexity index is 4440. The van der Waals surface area contributed by atoms with Crippen LogP contribution in [0.3, 0.4) is 0 Å². The van der Waals surface area contributed by atoms with Crippen LogP contribution in [0.2, 0.25) is 0 Å². The van der Waals surface area contributed by atoms with Crippen LogP contribution < -0.4 is 0 Å². The molecule has 0 bridgehead atoms. The zero-order chi connectivity index (χ0) is 46.5. The Labute approximate surface area is 566 Å². The molecule has 0 aliphatic heterocycles. The Morgan fingerprint density at radius 3 is 0.323 bits per heavy atom. The topological polar surface area (TPSA) is 0 Å². The molecule has 0 radical (unpaired) electrons. The third-order valence-corrected chi connectivity index (χ3v) is 147. The first kappa shape index (κ1) is 79.8. The minimum atomic E-state index is -0.505. The van der Waals surface area contributed by atoms with Gasteiger partial charge in [0.1, 0.15) is 0 Å². The van der Waals surface area contributed by atoms with Gasteiger partial charge in [0, 0.05) is 455 Å². The second-order valence-electron chi connectivity index (χ2n) is 4.29. The first-order chi connectivity index (χ1) is 32.4. The van der Waals surface area contributed by atoms with Gasteiger partial charge < -0.3 is 0 Å². The molecule has 390 valence electrons. The van der Waals surface area contributed by atoms with Crippen molar-refractivity contribution < 1.29 is 14.9 Å². The van der Waals surface area contributed by atoms with Crippen LogP contribution in [0.1, 0.15) is 0 Å². The summed E-state index contributed by atoms with van der Waals surface area (Å²) in [6.07, 6.45) is 0. The van der Waals surface area contributed by atoms with Crippen molar-refractivity contribution in [2.45, 2.75) is 0 Å². The van der Waals surface area contributed by atoms with Gasteiger partial charge in [0.2, 0.25) is 0 Å². The van der Waals surface area contributed by atoms with E-state index in [0.717, 1.165) is 0 Å². The van der Waals surface area contributed by atoms with Gasteiger partial charge in [-0.25, -0.2) is 0 Å². The molecule has 0 saturated carbocycles. The molecule has 0 aromatic rings. The van der Waals surface area contributed by atoms with Crippen LogP contribution in [0, 0.1) is 0 Å². The van der Waals surface area contributed by atoms with E-state index in [1.54, 1.807) is 53.3 Å². The SMILES string of the molecule is S=S=S=S=S=S=S=S=S=S=S=S=S=S=S=S=S=S=S=S=S=S=S=S=S=S=S=S=S=S=S=S=S=S=S=S=S=S=S=S=S=S=S=S=S=S=S=S=S=S=S=S=S=S=S=S=S=S=S=S=S=S=[S]=[W]=[S]. The van der Waals surface area contributed by atoms with Crippen LogP contribution in [0.4, 0.5) is 0 Å². The number of hydrogen-bond acceptors (Lipinski definition) is 2. The van der Waals surface area contributed by atoms with Crippen molar-refractivity contribution in [3.05, 3.63) is 0 Å². The predicted octanol–water partition coefficient (Wildman–Crippen LogP) is 0.494. The molecule has 0 N–H and O–H groups in total. The van der Waals surface area contributed by atoms with E-state index in [9.17, 15) is 0 Å². The summed E-state index contributed by atoms with van der Waals surface area (Å²) in [5.74, 6) is 0. The Morgan fingerprint density at radius 2 is 0.231 bits per heavy atom. The van der Waals surface area contributed by atoms with Crippen molar-refractivity contribution in [1.29, 1.82) is 0 Å². The number of rotatable bonds is 0. The summed E-state index contributed by atoms with van der Waals surface area (Å²) in [5, 5.41) is 0. The molecule has 0 amide bonds. The fraction of sp³-hybridized carbons (Fsp3) is 0. The third kappa shape index (κ3) is 78.8. The van der Waals surface area contributed by atoms with E-state index in [0.29, 0.717) is 0 Å². The molecule has 0 aromatic heterocycles. The molecule has 0 aliphatic rings. The van der Waals surface area contributed by atoms with Crippen LogP contribution in [0.25, 0.3) is 0 Å². The predicted molar refractivity (Wildman–Crippen MR) is 472 cm³/mol. The molecular weight excluding hydrogens is 2240 g/mol. The Kier molecular flexibility index (Phi) is 96.7. The van der Waals surface area contributed by atoms with Crippen molar-refractivity contribution >= 4 is 570 Å². The second-order valence-corrected chi connectivity index (χ2v) is 122. The summed E-state index contributed by atoms with van der Waals surface area (Å²) in [5.41, 5.74) is 0. The second kappa shape index (κ2) is 78.8. The zero-order valence-electron chi connectivity index (χ0n) is 26.5. The molecule has 0 rings (SSSR count). The average molecular weight is 2240 g/mol. The quantitative estimate of drug-likeness (QED) is 0.347. The van der Waals surface area contributed by atoms with Gasteiger partial charge in [-0.1, -0.05) is 0 Å². The molecule has 0 atom stereocenters. The van der Waals surface area contributed by atoms with E-state index in [1.165, 1.54) is 8.88 Å². The van der Waals surface area contributed by atoms with Crippen molar-refractivity contribution in [3.63, 3.8) is 0 Å². The summed E-state index contributed by atoms with van der Waals surface area (Å²) in [6.45, 7) is 0. The first-order valence-electron chi connectivity index (χ1n) is 10.7.